The molecule has 0 radical (unpaired) electrons. The molecule has 1 saturated heterocycles. The van der Waals surface area contributed by atoms with E-state index in [1.165, 1.54) is 6.07 Å². The van der Waals surface area contributed by atoms with Crippen LogP contribution in [-0.2, 0) is 4.74 Å². The second kappa shape index (κ2) is 5.30. The lowest BCUT2D eigenvalue weighted by Crippen LogP contribution is -2.31. The summed E-state index contributed by atoms with van der Waals surface area (Å²) in [4.78, 5) is 9.72. The van der Waals surface area contributed by atoms with E-state index in [1.807, 2.05) is 6.92 Å². The summed E-state index contributed by atoms with van der Waals surface area (Å²) in [6.07, 6.45) is 1.79. The van der Waals surface area contributed by atoms with Gasteiger partial charge in [0.1, 0.15) is 17.4 Å². The summed E-state index contributed by atoms with van der Waals surface area (Å²) < 4.78 is 24.6. The summed E-state index contributed by atoms with van der Waals surface area (Å²) in [6, 6.07) is 2.33. The molecule has 0 spiro atoms. The topological polar surface area (TPSA) is 61.6 Å². The number of halogens is 2. The highest BCUT2D eigenvalue weighted by molar-refractivity contribution is 6.32. The molecule has 5 nitrogen and oxygen atoms in total. The summed E-state index contributed by atoms with van der Waals surface area (Å²) in [7, 11) is 0. The molecule has 1 atom stereocenters. The van der Waals surface area contributed by atoms with Crippen molar-refractivity contribution in [2.75, 3.05) is 13.2 Å². The quantitative estimate of drug-likeness (QED) is 0.630. The van der Waals surface area contributed by atoms with E-state index in [4.69, 9.17) is 21.1 Å². The lowest BCUT2D eigenvalue weighted by molar-refractivity contribution is -0.387. The fourth-order valence-electron chi connectivity index (χ4n) is 1.96. The number of hydrogen-bond donors (Lipinski definition) is 0. The van der Waals surface area contributed by atoms with E-state index in [1.54, 1.807) is 0 Å². The largest absolute Gasteiger partial charge is 0.489 e. The van der Waals surface area contributed by atoms with Crippen molar-refractivity contribution >= 4 is 17.3 Å². The van der Waals surface area contributed by atoms with Gasteiger partial charge in [0.05, 0.1) is 10.5 Å². The molecule has 0 saturated carbocycles. The number of nitro benzene ring substituents is 1. The zero-order chi connectivity index (χ0) is 14.0. The van der Waals surface area contributed by atoms with Gasteiger partial charge in [-0.3, -0.25) is 10.1 Å². The van der Waals surface area contributed by atoms with Gasteiger partial charge in [-0.25, -0.2) is 0 Å². The predicted molar refractivity (Wildman–Crippen MR) is 67.2 cm³/mol. The van der Waals surface area contributed by atoms with Crippen molar-refractivity contribution in [1.82, 2.24) is 0 Å². The normalized spacial score (nSPS) is 22.5. The Bertz CT molecular complexity index is 503. The highest BCUT2D eigenvalue weighted by Crippen LogP contribution is 2.34. The molecule has 1 aromatic rings. The summed E-state index contributed by atoms with van der Waals surface area (Å²) in [5.74, 6) is -0.997. The van der Waals surface area contributed by atoms with Gasteiger partial charge in [0, 0.05) is 12.7 Å². The van der Waals surface area contributed by atoms with Crippen LogP contribution < -0.4 is 4.74 Å². The van der Waals surface area contributed by atoms with Gasteiger partial charge in [-0.1, -0.05) is 11.6 Å². The Morgan fingerprint density at radius 1 is 1.63 bits per heavy atom. The van der Waals surface area contributed by atoms with E-state index in [0.29, 0.717) is 6.61 Å². The van der Waals surface area contributed by atoms with Gasteiger partial charge in [0.2, 0.25) is 5.82 Å². The molecular formula is C12H13ClFNO4. The van der Waals surface area contributed by atoms with Crippen molar-refractivity contribution < 1.29 is 18.8 Å². The lowest BCUT2D eigenvalue weighted by atomic mass is 10.0. The molecule has 0 aromatic heterocycles. The SMILES string of the molecule is CC1(COc2ccc([N+](=O)[O-])c(F)c2Cl)CCCO1. The van der Waals surface area contributed by atoms with Gasteiger partial charge in [-0.2, -0.15) is 4.39 Å². The van der Waals surface area contributed by atoms with Crippen LogP contribution >= 0.6 is 11.6 Å². The van der Waals surface area contributed by atoms with Crippen molar-refractivity contribution in [2.45, 2.75) is 25.4 Å². The highest BCUT2D eigenvalue weighted by atomic mass is 35.5. The first-order chi connectivity index (χ1) is 8.93. The van der Waals surface area contributed by atoms with Gasteiger partial charge in [-0.15, -0.1) is 0 Å². The maximum atomic E-state index is 13.6. The third-order valence-corrected chi connectivity index (χ3v) is 3.41. The molecule has 7 heteroatoms. The first kappa shape index (κ1) is 14.0. The van der Waals surface area contributed by atoms with Gasteiger partial charge < -0.3 is 9.47 Å². The summed E-state index contributed by atoms with van der Waals surface area (Å²) in [5.41, 5.74) is -1.08. The van der Waals surface area contributed by atoms with Crippen LogP contribution in [0.2, 0.25) is 5.02 Å². The van der Waals surface area contributed by atoms with Crippen molar-refractivity contribution in [3.8, 4) is 5.75 Å². The van der Waals surface area contributed by atoms with Crippen LogP contribution in [0.1, 0.15) is 19.8 Å². The standard InChI is InChI=1S/C12H13ClFNO4/c1-12(5-2-6-19-12)7-18-9-4-3-8(15(16)17)11(14)10(9)13/h3-4H,2,5-7H2,1H3. The zero-order valence-corrected chi connectivity index (χ0v) is 11.1. The smallest absolute Gasteiger partial charge is 0.306 e. The number of ether oxygens (including phenoxy) is 2. The van der Waals surface area contributed by atoms with E-state index in [9.17, 15) is 14.5 Å². The molecule has 1 aromatic carbocycles. The summed E-state index contributed by atoms with van der Waals surface area (Å²) in [5, 5.41) is 10.2. The maximum absolute atomic E-state index is 13.6. The molecule has 0 aliphatic carbocycles. The van der Waals surface area contributed by atoms with E-state index >= 15 is 0 Å². The average molecular weight is 290 g/mol. The first-order valence-corrected chi connectivity index (χ1v) is 6.20. The van der Waals surface area contributed by atoms with Crippen molar-refractivity contribution in [3.63, 3.8) is 0 Å². The third kappa shape index (κ3) is 2.96. The molecule has 1 fully saturated rings. The minimum absolute atomic E-state index is 0.0847. The molecule has 0 amide bonds. The molecule has 1 unspecified atom stereocenters. The van der Waals surface area contributed by atoms with Crippen LogP contribution in [0.4, 0.5) is 10.1 Å². The minimum atomic E-state index is -1.08. The molecule has 0 N–H and O–H groups in total. The molecule has 2 rings (SSSR count). The number of nitrogens with zero attached hydrogens (tertiary/aromatic N) is 1. The van der Waals surface area contributed by atoms with Crippen LogP contribution in [0.3, 0.4) is 0 Å². The van der Waals surface area contributed by atoms with Crippen LogP contribution in [-0.4, -0.2) is 23.7 Å². The van der Waals surface area contributed by atoms with E-state index < -0.39 is 22.0 Å². The molecule has 19 heavy (non-hydrogen) atoms. The third-order valence-electron chi connectivity index (χ3n) is 3.06. The number of benzene rings is 1. The fourth-order valence-corrected chi connectivity index (χ4v) is 2.17. The summed E-state index contributed by atoms with van der Waals surface area (Å²) >= 11 is 5.73. The molecule has 1 aliphatic rings. The maximum Gasteiger partial charge on any atom is 0.306 e. The Morgan fingerprint density at radius 3 is 2.95 bits per heavy atom. The second-order valence-corrected chi connectivity index (χ2v) is 5.04. The minimum Gasteiger partial charge on any atom is -0.489 e. The zero-order valence-electron chi connectivity index (χ0n) is 10.3. The van der Waals surface area contributed by atoms with E-state index in [2.05, 4.69) is 0 Å². The number of hydrogen-bond acceptors (Lipinski definition) is 4. The molecule has 0 bridgehead atoms. The number of nitro groups is 1. The Kier molecular flexibility index (Phi) is 3.91. The van der Waals surface area contributed by atoms with E-state index in [-0.39, 0.29) is 17.4 Å². The molecule has 1 aliphatic heterocycles. The first-order valence-electron chi connectivity index (χ1n) is 5.82. The predicted octanol–water partition coefficient (Wildman–Crippen LogP) is 3.34. The summed E-state index contributed by atoms with van der Waals surface area (Å²) in [6.45, 7) is 2.79. The molecular weight excluding hydrogens is 277 g/mol. The Hall–Kier alpha value is -1.40. The monoisotopic (exact) mass is 289 g/mol. The Labute approximate surface area is 114 Å². The van der Waals surface area contributed by atoms with Gasteiger partial charge in [0.25, 0.3) is 0 Å². The van der Waals surface area contributed by atoms with Crippen LogP contribution in [0, 0.1) is 15.9 Å². The second-order valence-electron chi connectivity index (χ2n) is 4.66. The molecule has 1 heterocycles. The average Bonchev–Trinajstić information content (AvgIpc) is 2.78. The van der Waals surface area contributed by atoms with Crippen molar-refractivity contribution in [3.05, 3.63) is 33.1 Å². The fraction of sp³-hybridized carbons (Fsp3) is 0.500. The highest BCUT2D eigenvalue weighted by Gasteiger charge is 2.31. The van der Waals surface area contributed by atoms with Gasteiger partial charge in [-0.05, 0) is 25.8 Å². The number of rotatable bonds is 4. The van der Waals surface area contributed by atoms with Crippen molar-refractivity contribution in [1.29, 1.82) is 0 Å². The van der Waals surface area contributed by atoms with Crippen LogP contribution in [0.25, 0.3) is 0 Å². The van der Waals surface area contributed by atoms with Gasteiger partial charge >= 0.3 is 5.69 Å². The Balaban J connectivity index is 2.13. The molecule has 104 valence electrons. The van der Waals surface area contributed by atoms with Crippen LogP contribution in [0.5, 0.6) is 5.75 Å². The Morgan fingerprint density at radius 2 is 2.37 bits per heavy atom. The van der Waals surface area contributed by atoms with Crippen molar-refractivity contribution in [2.24, 2.45) is 0 Å². The van der Waals surface area contributed by atoms with Crippen LogP contribution in [0.15, 0.2) is 12.1 Å². The lowest BCUT2D eigenvalue weighted by Gasteiger charge is -2.23. The van der Waals surface area contributed by atoms with Gasteiger partial charge in [0.15, 0.2) is 0 Å². The van der Waals surface area contributed by atoms with E-state index in [0.717, 1.165) is 18.9 Å².